The average Bonchev–Trinajstić information content (AvgIpc) is 2.54. The highest BCUT2D eigenvalue weighted by Crippen LogP contribution is 2.15. The van der Waals surface area contributed by atoms with Gasteiger partial charge in [-0.25, -0.2) is 8.42 Å². The Bertz CT molecular complexity index is 571. The number of sulfonamides is 1. The molecular weight excluding hydrogens is 272 g/mol. The zero-order chi connectivity index (χ0) is 13.2. The fraction of sp³-hybridized carbons (Fsp3) is 0.429. The number of thiazole rings is 1. The third-order valence-corrected chi connectivity index (χ3v) is 4.88. The van der Waals surface area contributed by atoms with Crippen LogP contribution in [0, 0.1) is 6.92 Å². The first-order valence-electron chi connectivity index (χ1n) is 4.33. The minimum atomic E-state index is -4.13. The largest absolute Gasteiger partial charge is 0.480 e. The number of aliphatic hydroxyl groups excluding tert-OH is 1. The van der Waals surface area contributed by atoms with Crippen LogP contribution in [0.5, 0.6) is 0 Å². The highest BCUT2D eigenvalue weighted by atomic mass is 32.2. The predicted octanol–water partition coefficient (Wildman–Crippen LogP) is -1.53. The van der Waals surface area contributed by atoms with Crippen molar-refractivity contribution in [2.24, 2.45) is 0 Å². The molecule has 96 valence electrons. The van der Waals surface area contributed by atoms with E-state index in [1.165, 1.54) is 6.92 Å². The molecule has 0 radical (unpaired) electrons. The molecule has 1 unspecified atom stereocenters. The van der Waals surface area contributed by atoms with Crippen LogP contribution in [0.25, 0.3) is 0 Å². The number of carboxylic acid groups (broad SMARTS) is 1. The van der Waals surface area contributed by atoms with Crippen LogP contribution in [0.15, 0.2) is 9.00 Å². The Morgan fingerprint density at radius 3 is 2.53 bits per heavy atom. The molecule has 1 atom stereocenters. The number of H-pyrrole nitrogens is 1. The van der Waals surface area contributed by atoms with E-state index in [0.717, 1.165) is 0 Å². The molecule has 0 aliphatic heterocycles. The summed E-state index contributed by atoms with van der Waals surface area (Å²) in [4.78, 5) is 23.2. The molecule has 4 N–H and O–H groups in total. The lowest BCUT2D eigenvalue weighted by Crippen LogP contribution is -2.43. The predicted molar refractivity (Wildman–Crippen MR) is 58.5 cm³/mol. The van der Waals surface area contributed by atoms with Gasteiger partial charge in [0.05, 0.1) is 6.61 Å². The van der Waals surface area contributed by atoms with E-state index in [2.05, 4.69) is 4.98 Å². The molecule has 1 heterocycles. The van der Waals surface area contributed by atoms with Crippen LogP contribution in [0.3, 0.4) is 0 Å². The number of aromatic amines is 1. The summed E-state index contributed by atoms with van der Waals surface area (Å²) >= 11 is 0.449. The molecule has 0 saturated carbocycles. The van der Waals surface area contributed by atoms with Crippen LogP contribution < -0.4 is 9.60 Å². The van der Waals surface area contributed by atoms with E-state index in [-0.39, 0.29) is 9.90 Å². The smallest absolute Gasteiger partial charge is 0.324 e. The number of hydrogen-bond donors (Lipinski definition) is 4. The SMILES string of the molecule is Cc1[nH]c(=O)sc1S(=O)(=O)NC(CO)C(=O)O. The van der Waals surface area contributed by atoms with Gasteiger partial charge in [0, 0.05) is 5.69 Å². The van der Waals surface area contributed by atoms with Crippen molar-refractivity contribution in [3.05, 3.63) is 15.4 Å². The Kier molecular flexibility index (Phi) is 4.03. The molecule has 17 heavy (non-hydrogen) atoms. The number of carboxylic acids is 1. The summed E-state index contributed by atoms with van der Waals surface area (Å²) in [6.07, 6.45) is 0. The summed E-state index contributed by atoms with van der Waals surface area (Å²) in [5, 5.41) is 17.3. The number of nitrogens with one attached hydrogen (secondary N) is 2. The monoisotopic (exact) mass is 282 g/mol. The lowest BCUT2D eigenvalue weighted by atomic mass is 10.3. The molecule has 1 rings (SSSR count). The number of rotatable bonds is 5. The zero-order valence-electron chi connectivity index (χ0n) is 8.63. The summed E-state index contributed by atoms with van der Waals surface area (Å²) in [6, 6.07) is -1.64. The van der Waals surface area contributed by atoms with Crippen molar-refractivity contribution in [2.45, 2.75) is 17.2 Å². The van der Waals surface area contributed by atoms with Gasteiger partial charge in [-0.3, -0.25) is 9.59 Å². The Hall–Kier alpha value is -1.23. The normalized spacial score (nSPS) is 13.5. The van der Waals surface area contributed by atoms with Gasteiger partial charge in [0.1, 0.15) is 6.04 Å². The van der Waals surface area contributed by atoms with Gasteiger partial charge >= 0.3 is 10.8 Å². The molecule has 0 aromatic carbocycles. The topological polar surface area (TPSA) is 137 Å². The summed E-state index contributed by atoms with van der Waals surface area (Å²) in [6.45, 7) is 0.494. The molecule has 0 amide bonds. The number of aromatic nitrogens is 1. The van der Waals surface area contributed by atoms with Gasteiger partial charge in [-0.1, -0.05) is 11.3 Å². The van der Waals surface area contributed by atoms with E-state index < -0.39 is 33.5 Å². The first kappa shape index (κ1) is 13.8. The minimum absolute atomic E-state index is 0.120. The van der Waals surface area contributed by atoms with Gasteiger partial charge < -0.3 is 15.2 Å². The summed E-state index contributed by atoms with van der Waals surface area (Å²) < 4.78 is 24.9. The van der Waals surface area contributed by atoms with Gasteiger partial charge in [0.15, 0.2) is 4.21 Å². The van der Waals surface area contributed by atoms with Gasteiger partial charge in [-0.2, -0.15) is 4.72 Å². The second-order valence-electron chi connectivity index (χ2n) is 3.12. The Balaban J connectivity index is 3.08. The maximum Gasteiger partial charge on any atom is 0.324 e. The van der Waals surface area contributed by atoms with Crippen molar-refractivity contribution in [3.63, 3.8) is 0 Å². The van der Waals surface area contributed by atoms with E-state index in [1.54, 1.807) is 4.72 Å². The van der Waals surface area contributed by atoms with Gasteiger partial charge in [0.25, 0.3) is 10.0 Å². The second-order valence-corrected chi connectivity index (χ2v) is 6.01. The first-order valence-corrected chi connectivity index (χ1v) is 6.63. The van der Waals surface area contributed by atoms with E-state index in [1.807, 2.05) is 0 Å². The molecule has 1 aromatic heterocycles. The number of aliphatic carboxylic acids is 1. The molecular formula is C7H10N2O6S2. The first-order chi connectivity index (χ1) is 7.77. The van der Waals surface area contributed by atoms with Crippen LogP contribution in [-0.4, -0.2) is 42.2 Å². The molecule has 0 bridgehead atoms. The van der Waals surface area contributed by atoms with Crippen LogP contribution in [0.1, 0.15) is 5.69 Å². The van der Waals surface area contributed by atoms with E-state index in [4.69, 9.17) is 10.2 Å². The van der Waals surface area contributed by atoms with Crippen molar-refractivity contribution in [3.8, 4) is 0 Å². The molecule has 8 nitrogen and oxygen atoms in total. The summed E-state index contributed by atoms with van der Waals surface area (Å²) in [5.74, 6) is -1.50. The molecule has 0 spiro atoms. The Labute approximate surface area is 100.0 Å². The molecule has 0 saturated heterocycles. The summed E-state index contributed by atoms with van der Waals surface area (Å²) in [5.41, 5.74) is 0.120. The fourth-order valence-corrected chi connectivity index (χ4v) is 3.55. The lowest BCUT2D eigenvalue weighted by molar-refractivity contribution is -0.139. The van der Waals surface area contributed by atoms with Gasteiger partial charge in [0.2, 0.25) is 0 Å². The number of carbonyl (C=O) groups is 1. The van der Waals surface area contributed by atoms with Crippen molar-refractivity contribution in [2.75, 3.05) is 6.61 Å². The molecule has 0 fully saturated rings. The van der Waals surface area contributed by atoms with E-state index in [0.29, 0.717) is 11.3 Å². The lowest BCUT2D eigenvalue weighted by Gasteiger charge is -2.11. The van der Waals surface area contributed by atoms with Gasteiger partial charge in [-0.15, -0.1) is 0 Å². The van der Waals surface area contributed by atoms with Crippen LogP contribution in [-0.2, 0) is 14.8 Å². The van der Waals surface area contributed by atoms with Crippen molar-refractivity contribution < 1.29 is 23.4 Å². The van der Waals surface area contributed by atoms with Crippen LogP contribution in [0.4, 0.5) is 0 Å². The third-order valence-electron chi connectivity index (χ3n) is 1.80. The molecule has 1 aromatic rings. The minimum Gasteiger partial charge on any atom is -0.480 e. The quantitative estimate of drug-likeness (QED) is 0.517. The maximum absolute atomic E-state index is 11.7. The van der Waals surface area contributed by atoms with Gasteiger partial charge in [-0.05, 0) is 6.92 Å². The number of aryl methyl sites for hydroxylation is 1. The van der Waals surface area contributed by atoms with Crippen LogP contribution in [0.2, 0.25) is 0 Å². The Morgan fingerprint density at radius 2 is 2.18 bits per heavy atom. The standard InChI is InChI=1S/C7H10N2O6S2/c1-3-6(16-7(13)8-3)17(14,15)9-4(2-10)5(11)12/h4,9-10H,2H2,1H3,(H,8,13)(H,11,12). The number of hydrogen-bond acceptors (Lipinski definition) is 6. The zero-order valence-corrected chi connectivity index (χ0v) is 10.3. The number of aliphatic hydroxyl groups is 1. The van der Waals surface area contributed by atoms with E-state index in [9.17, 15) is 18.0 Å². The van der Waals surface area contributed by atoms with Crippen LogP contribution >= 0.6 is 11.3 Å². The highest BCUT2D eigenvalue weighted by molar-refractivity contribution is 7.91. The highest BCUT2D eigenvalue weighted by Gasteiger charge is 2.27. The molecule has 0 aliphatic carbocycles. The Morgan fingerprint density at radius 1 is 1.59 bits per heavy atom. The van der Waals surface area contributed by atoms with E-state index >= 15 is 0 Å². The average molecular weight is 282 g/mol. The van der Waals surface area contributed by atoms with Crippen molar-refractivity contribution in [1.82, 2.24) is 9.71 Å². The maximum atomic E-state index is 11.7. The van der Waals surface area contributed by atoms with Crippen molar-refractivity contribution in [1.29, 1.82) is 0 Å². The fourth-order valence-electron chi connectivity index (χ4n) is 1.05. The molecule has 10 heteroatoms. The second kappa shape index (κ2) is 4.96. The van der Waals surface area contributed by atoms with Crippen molar-refractivity contribution >= 4 is 27.3 Å². The third kappa shape index (κ3) is 3.12. The summed E-state index contributed by atoms with van der Waals surface area (Å²) in [7, 11) is -4.13. The molecule has 0 aliphatic rings.